The van der Waals surface area contributed by atoms with Gasteiger partial charge in [-0.2, -0.15) is 0 Å². The maximum Gasteiger partial charge on any atom is 0.410 e. The minimum atomic E-state index is -0.821. The van der Waals surface area contributed by atoms with E-state index in [9.17, 15) is 23.2 Å². The molecule has 3 rings (SSSR count). The third-order valence-corrected chi connectivity index (χ3v) is 4.86. The molecule has 2 aliphatic heterocycles. The van der Waals surface area contributed by atoms with Crippen molar-refractivity contribution in [3.63, 3.8) is 0 Å². The van der Waals surface area contributed by atoms with E-state index < -0.39 is 47.2 Å². The third-order valence-electron chi connectivity index (χ3n) is 4.86. The van der Waals surface area contributed by atoms with Gasteiger partial charge in [-0.15, -0.1) is 0 Å². The zero-order valence-corrected chi connectivity index (χ0v) is 17.2. The number of hydrogen-bond donors (Lipinski definition) is 3. The Morgan fingerprint density at radius 2 is 1.97 bits per heavy atom. The number of piperidine rings is 1. The van der Waals surface area contributed by atoms with Crippen LogP contribution in [0.3, 0.4) is 0 Å². The number of carbonyl (C=O) groups is 3. The molecule has 0 aliphatic carbocycles. The first-order valence-corrected chi connectivity index (χ1v) is 9.84. The summed E-state index contributed by atoms with van der Waals surface area (Å²) < 4.78 is 34.8. The van der Waals surface area contributed by atoms with E-state index in [4.69, 9.17) is 4.74 Å². The largest absolute Gasteiger partial charge is 0.444 e. The Morgan fingerprint density at radius 1 is 1.23 bits per heavy atom. The van der Waals surface area contributed by atoms with Crippen LogP contribution in [-0.4, -0.2) is 54.1 Å². The summed E-state index contributed by atoms with van der Waals surface area (Å²) in [5.74, 6) is -2.36. The molecule has 2 heterocycles. The van der Waals surface area contributed by atoms with E-state index >= 15 is 0 Å². The summed E-state index contributed by atoms with van der Waals surface area (Å²) in [6.45, 7) is 6.20. The number of rotatable bonds is 3. The molecule has 2 aliphatic rings. The first-order chi connectivity index (χ1) is 14.0. The molecular formula is C20H26F2N4O4. The quantitative estimate of drug-likeness (QED) is 0.643. The lowest BCUT2D eigenvalue weighted by molar-refractivity contribution is -0.133. The van der Waals surface area contributed by atoms with Crippen molar-refractivity contribution in [2.75, 3.05) is 25.0 Å². The Balaban J connectivity index is 1.72. The van der Waals surface area contributed by atoms with Gasteiger partial charge in [-0.1, -0.05) is 0 Å². The lowest BCUT2D eigenvalue weighted by atomic mass is 10.0. The van der Waals surface area contributed by atoms with Crippen molar-refractivity contribution < 1.29 is 27.9 Å². The van der Waals surface area contributed by atoms with E-state index in [0.29, 0.717) is 13.1 Å². The molecule has 1 aromatic rings. The average Bonchev–Trinajstić information content (AvgIpc) is 2.65. The predicted molar refractivity (Wildman–Crippen MR) is 105 cm³/mol. The Hall–Kier alpha value is -2.75. The van der Waals surface area contributed by atoms with Gasteiger partial charge < -0.3 is 20.3 Å². The van der Waals surface area contributed by atoms with Crippen LogP contribution in [0.1, 0.15) is 45.2 Å². The van der Waals surface area contributed by atoms with Crippen LogP contribution in [0.15, 0.2) is 12.1 Å². The molecule has 10 heteroatoms. The van der Waals surface area contributed by atoms with Crippen LogP contribution in [0.25, 0.3) is 0 Å². The molecule has 2 fully saturated rings. The summed E-state index contributed by atoms with van der Waals surface area (Å²) in [5.41, 5.74) is -0.738. The van der Waals surface area contributed by atoms with Crippen molar-refractivity contribution in [3.8, 4) is 0 Å². The number of benzene rings is 1. The molecular weight excluding hydrogens is 398 g/mol. The molecule has 8 nitrogen and oxygen atoms in total. The first-order valence-electron chi connectivity index (χ1n) is 9.84. The summed E-state index contributed by atoms with van der Waals surface area (Å²) in [6, 6.07) is 0.616. The highest BCUT2D eigenvalue weighted by Gasteiger charge is 2.31. The summed E-state index contributed by atoms with van der Waals surface area (Å²) in [7, 11) is 0. The maximum atomic E-state index is 14.8. The number of carbonyl (C=O) groups excluding carboxylic acids is 3. The summed E-state index contributed by atoms with van der Waals surface area (Å²) in [4.78, 5) is 36.8. The van der Waals surface area contributed by atoms with Crippen LogP contribution in [0, 0.1) is 11.6 Å². The minimum Gasteiger partial charge on any atom is -0.444 e. The van der Waals surface area contributed by atoms with Crippen molar-refractivity contribution in [1.29, 1.82) is 0 Å². The topological polar surface area (TPSA) is 99.8 Å². The van der Waals surface area contributed by atoms with Crippen molar-refractivity contribution in [2.45, 2.75) is 51.3 Å². The van der Waals surface area contributed by atoms with Crippen molar-refractivity contribution in [3.05, 3.63) is 29.3 Å². The molecule has 164 valence electrons. The second-order valence-electron chi connectivity index (χ2n) is 8.43. The lowest BCUT2D eigenvalue weighted by Crippen LogP contribution is -2.50. The van der Waals surface area contributed by atoms with Crippen LogP contribution in [0.5, 0.6) is 0 Å². The number of piperazine rings is 1. The number of nitrogens with zero attached hydrogens (tertiary/aromatic N) is 1. The van der Waals surface area contributed by atoms with Crippen LogP contribution >= 0.6 is 0 Å². The first kappa shape index (κ1) is 21.9. The van der Waals surface area contributed by atoms with Crippen molar-refractivity contribution in [1.82, 2.24) is 15.5 Å². The molecule has 3 N–H and O–H groups in total. The fourth-order valence-electron chi connectivity index (χ4n) is 3.41. The molecule has 0 saturated carbocycles. The van der Waals surface area contributed by atoms with E-state index in [1.807, 2.05) is 0 Å². The van der Waals surface area contributed by atoms with Gasteiger partial charge in [0.05, 0.1) is 11.7 Å². The van der Waals surface area contributed by atoms with Crippen molar-refractivity contribution in [2.24, 2.45) is 0 Å². The highest BCUT2D eigenvalue weighted by Crippen LogP contribution is 2.27. The molecule has 3 amide bonds. The molecule has 1 aromatic carbocycles. The molecule has 0 spiro atoms. The van der Waals surface area contributed by atoms with E-state index in [1.54, 1.807) is 20.8 Å². The van der Waals surface area contributed by atoms with Crippen LogP contribution in [-0.2, 0) is 14.3 Å². The number of halogens is 2. The van der Waals surface area contributed by atoms with Gasteiger partial charge in [-0.05, 0) is 33.3 Å². The minimum absolute atomic E-state index is 0.0783. The van der Waals surface area contributed by atoms with Gasteiger partial charge in [0.1, 0.15) is 23.3 Å². The number of anilines is 1. The second kappa shape index (κ2) is 8.55. The normalized spacial score (nSPS) is 22.5. The average molecular weight is 424 g/mol. The highest BCUT2D eigenvalue weighted by atomic mass is 19.1. The van der Waals surface area contributed by atoms with Crippen molar-refractivity contribution >= 4 is 23.6 Å². The van der Waals surface area contributed by atoms with Gasteiger partial charge in [0.15, 0.2) is 0 Å². The number of hydrogen-bond acceptors (Lipinski definition) is 6. The lowest BCUT2D eigenvalue weighted by Gasteiger charge is -2.35. The molecule has 0 aromatic heterocycles. The molecule has 0 radical (unpaired) electrons. The van der Waals surface area contributed by atoms with Crippen LogP contribution in [0.2, 0.25) is 0 Å². The molecule has 2 saturated heterocycles. The Labute approximate surface area is 173 Å². The number of amides is 3. The predicted octanol–water partition coefficient (Wildman–Crippen LogP) is 2.06. The van der Waals surface area contributed by atoms with E-state index in [2.05, 4.69) is 16.0 Å². The number of nitrogens with one attached hydrogen (secondary N) is 3. The number of ether oxygens (including phenoxy) is 1. The van der Waals surface area contributed by atoms with Crippen LogP contribution in [0.4, 0.5) is 19.3 Å². The summed E-state index contributed by atoms with van der Waals surface area (Å²) in [6.07, 6.45) is -0.188. The smallest absolute Gasteiger partial charge is 0.410 e. The molecule has 30 heavy (non-hydrogen) atoms. The van der Waals surface area contributed by atoms with E-state index in [0.717, 1.165) is 12.1 Å². The zero-order chi connectivity index (χ0) is 22.1. The van der Waals surface area contributed by atoms with Gasteiger partial charge >= 0.3 is 6.09 Å². The summed E-state index contributed by atoms with van der Waals surface area (Å²) >= 11 is 0. The SMILES string of the molecule is CC(C)(C)OC(=O)N1CCNC(c2cc(F)c(NC3CCC(=O)NC3=O)cc2F)C1. The second-order valence-corrected chi connectivity index (χ2v) is 8.43. The third kappa shape index (κ3) is 5.24. The van der Waals surface area contributed by atoms with Gasteiger partial charge in [-0.25, -0.2) is 13.6 Å². The van der Waals surface area contributed by atoms with Crippen LogP contribution < -0.4 is 16.0 Å². The van der Waals surface area contributed by atoms with E-state index in [-0.39, 0.29) is 30.6 Å². The van der Waals surface area contributed by atoms with E-state index in [1.165, 1.54) is 4.90 Å². The Morgan fingerprint density at radius 3 is 2.63 bits per heavy atom. The molecule has 2 unspecified atom stereocenters. The van der Waals surface area contributed by atoms with Gasteiger partial charge in [0, 0.05) is 37.7 Å². The van der Waals surface area contributed by atoms with Gasteiger partial charge in [-0.3, -0.25) is 14.9 Å². The fraction of sp³-hybridized carbons (Fsp3) is 0.550. The maximum absolute atomic E-state index is 14.8. The summed E-state index contributed by atoms with van der Waals surface area (Å²) in [5, 5.41) is 7.91. The Kier molecular flexibility index (Phi) is 6.25. The Bertz CT molecular complexity index is 856. The number of imide groups is 1. The zero-order valence-electron chi connectivity index (χ0n) is 17.2. The molecule has 0 bridgehead atoms. The molecule has 2 atom stereocenters. The monoisotopic (exact) mass is 424 g/mol. The van der Waals surface area contributed by atoms with Gasteiger partial charge in [0.2, 0.25) is 11.8 Å². The fourth-order valence-corrected chi connectivity index (χ4v) is 3.41. The highest BCUT2D eigenvalue weighted by molar-refractivity contribution is 6.01. The standard InChI is InChI=1S/C20H26F2N4O4/c1-20(2,3)30-19(29)26-7-6-23-16(10-26)11-8-13(22)15(9-12(11)21)24-14-4-5-17(27)25-18(14)28/h8-9,14,16,23-24H,4-7,10H2,1-3H3,(H,25,27,28). The van der Waals surface area contributed by atoms with Gasteiger partial charge in [0.25, 0.3) is 0 Å².